The van der Waals surface area contributed by atoms with Crippen molar-refractivity contribution in [1.82, 2.24) is 10.1 Å². The van der Waals surface area contributed by atoms with Gasteiger partial charge in [-0.2, -0.15) is 0 Å². The molecule has 1 amide bonds. The summed E-state index contributed by atoms with van der Waals surface area (Å²) in [5, 5.41) is 4.47. The normalized spacial score (nSPS) is 13.5. The molecule has 8 heteroatoms. The molecule has 0 aliphatic carbocycles. The van der Waals surface area contributed by atoms with Crippen molar-refractivity contribution < 1.29 is 18.4 Å². The van der Waals surface area contributed by atoms with Crippen molar-refractivity contribution in [2.24, 2.45) is 0 Å². The Labute approximate surface area is 223 Å². The van der Waals surface area contributed by atoms with Crippen molar-refractivity contribution in [2.75, 3.05) is 31.2 Å². The molecule has 0 spiro atoms. The summed E-state index contributed by atoms with van der Waals surface area (Å²) >= 11 is 3.47. The number of benzene rings is 3. The molecule has 6 nitrogen and oxygen atoms in total. The van der Waals surface area contributed by atoms with Gasteiger partial charge in [-0.3, -0.25) is 4.79 Å². The lowest BCUT2D eigenvalue weighted by Gasteiger charge is -2.28. The molecule has 5 rings (SSSR count). The van der Waals surface area contributed by atoms with Crippen molar-refractivity contribution >= 4 is 27.7 Å². The first-order chi connectivity index (χ1) is 18.0. The smallest absolute Gasteiger partial charge is 0.254 e. The number of morpholine rings is 1. The second kappa shape index (κ2) is 11.3. The molecule has 0 saturated carbocycles. The van der Waals surface area contributed by atoms with Gasteiger partial charge in [-0.25, -0.2) is 4.39 Å². The van der Waals surface area contributed by atoms with Crippen LogP contribution in [0.2, 0.25) is 0 Å². The zero-order valence-electron chi connectivity index (χ0n) is 20.5. The summed E-state index contributed by atoms with van der Waals surface area (Å²) in [6, 6.07) is 21.6. The van der Waals surface area contributed by atoms with Gasteiger partial charge in [-0.1, -0.05) is 63.0 Å². The molecule has 1 fully saturated rings. The van der Waals surface area contributed by atoms with Crippen LogP contribution in [-0.2, 0) is 17.8 Å². The van der Waals surface area contributed by atoms with Gasteiger partial charge in [0.1, 0.15) is 11.5 Å². The highest BCUT2D eigenvalue weighted by Crippen LogP contribution is 2.34. The number of rotatable bonds is 7. The fraction of sp³-hybridized carbons (Fsp3) is 0.241. The van der Waals surface area contributed by atoms with Gasteiger partial charge in [0.25, 0.3) is 5.91 Å². The topological polar surface area (TPSA) is 58.8 Å². The van der Waals surface area contributed by atoms with Crippen LogP contribution in [0, 0.1) is 12.7 Å². The van der Waals surface area contributed by atoms with E-state index in [1.165, 1.54) is 12.1 Å². The van der Waals surface area contributed by atoms with Crippen LogP contribution in [0.1, 0.15) is 27.0 Å². The quantitative estimate of drug-likeness (QED) is 0.267. The van der Waals surface area contributed by atoms with Crippen LogP contribution in [0.25, 0.3) is 11.3 Å². The van der Waals surface area contributed by atoms with E-state index in [1.807, 2.05) is 37.3 Å². The predicted octanol–water partition coefficient (Wildman–Crippen LogP) is 6.23. The van der Waals surface area contributed by atoms with Gasteiger partial charge in [0, 0.05) is 35.2 Å². The molecule has 1 aromatic heterocycles. The Bertz CT molecular complexity index is 1380. The summed E-state index contributed by atoms with van der Waals surface area (Å²) in [5.74, 6) is 0.185. The molecule has 0 atom stereocenters. The van der Waals surface area contributed by atoms with Crippen molar-refractivity contribution in [3.63, 3.8) is 0 Å². The Hall–Kier alpha value is -3.49. The maximum absolute atomic E-state index is 13.8. The molecule has 0 radical (unpaired) electrons. The van der Waals surface area contributed by atoms with Crippen LogP contribution in [0.4, 0.5) is 10.3 Å². The second-order valence-electron chi connectivity index (χ2n) is 9.08. The largest absolute Gasteiger partial charge is 0.378 e. The number of amides is 1. The van der Waals surface area contributed by atoms with Gasteiger partial charge in [0.2, 0.25) is 5.88 Å². The number of ether oxygens (including phenoxy) is 1. The molecular weight excluding hydrogens is 537 g/mol. The zero-order chi connectivity index (χ0) is 25.8. The van der Waals surface area contributed by atoms with Crippen LogP contribution >= 0.6 is 15.9 Å². The molecule has 2 heterocycles. The van der Waals surface area contributed by atoms with E-state index in [9.17, 15) is 9.18 Å². The highest BCUT2D eigenvalue weighted by molar-refractivity contribution is 9.10. The Balaban J connectivity index is 1.57. The minimum atomic E-state index is -0.316. The summed E-state index contributed by atoms with van der Waals surface area (Å²) in [4.78, 5) is 17.7. The van der Waals surface area contributed by atoms with E-state index < -0.39 is 0 Å². The monoisotopic (exact) mass is 563 g/mol. The summed E-state index contributed by atoms with van der Waals surface area (Å²) in [6.07, 6.45) is 0. The number of carbonyl (C=O) groups is 1. The Morgan fingerprint density at radius 3 is 2.51 bits per heavy atom. The van der Waals surface area contributed by atoms with Gasteiger partial charge < -0.3 is 19.1 Å². The van der Waals surface area contributed by atoms with E-state index >= 15 is 0 Å². The summed E-state index contributed by atoms with van der Waals surface area (Å²) in [5.41, 5.74) is 4.95. The van der Waals surface area contributed by atoms with Crippen LogP contribution in [0.5, 0.6) is 0 Å². The molecule has 1 aliphatic rings. The van der Waals surface area contributed by atoms with E-state index in [-0.39, 0.29) is 18.3 Å². The number of halogens is 2. The predicted molar refractivity (Wildman–Crippen MR) is 144 cm³/mol. The SMILES string of the molecule is Cc1cccc(-c2noc(N3CCOCC3)c2CN(Cc2ccc(F)cc2)C(=O)c2cccc(Br)c2)c1. The third kappa shape index (κ3) is 5.92. The van der Waals surface area contributed by atoms with Gasteiger partial charge >= 0.3 is 0 Å². The first kappa shape index (κ1) is 25.2. The molecule has 0 unspecified atom stereocenters. The molecule has 3 aromatic carbocycles. The van der Waals surface area contributed by atoms with Gasteiger partial charge in [-0.15, -0.1) is 0 Å². The standard InChI is InChI=1S/C29H27BrFN3O3/c1-20-4-2-5-22(16-20)27-26(29(37-32-27)33-12-14-36-15-13-33)19-34(18-21-8-10-25(31)11-9-21)28(35)23-6-3-7-24(30)17-23/h2-11,16-17H,12-15,18-19H2,1H3. The Morgan fingerprint density at radius 2 is 1.78 bits per heavy atom. The van der Waals surface area contributed by atoms with Crippen LogP contribution in [0.3, 0.4) is 0 Å². The van der Waals surface area contributed by atoms with Crippen LogP contribution in [0.15, 0.2) is 81.8 Å². The fourth-order valence-corrected chi connectivity index (χ4v) is 4.88. The first-order valence-corrected chi connectivity index (χ1v) is 12.9. The number of hydrogen-bond acceptors (Lipinski definition) is 5. The number of nitrogens with zero attached hydrogens (tertiary/aromatic N) is 3. The lowest BCUT2D eigenvalue weighted by Crippen LogP contribution is -2.37. The van der Waals surface area contributed by atoms with E-state index in [0.29, 0.717) is 50.0 Å². The molecular formula is C29H27BrFN3O3. The number of aryl methyl sites for hydroxylation is 1. The molecule has 0 bridgehead atoms. The summed E-state index contributed by atoms with van der Waals surface area (Å²) < 4.78 is 25.9. The number of aromatic nitrogens is 1. The Kier molecular flexibility index (Phi) is 7.67. The van der Waals surface area contributed by atoms with Gasteiger partial charge in [0.15, 0.2) is 0 Å². The van der Waals surface area contributed by atoms with Gasteiger partial charge in [0.05, 0.1) is 25.3 Å². The maximum Gasteiger partial charge on any atom is 0.254 e. The Morgan fingerprint density at radius 1 is 1.03 bits per heavy atom. The average molecular weight is 564 g/mol. The molecule has 0 N–H and O–H groups in total. The molecule has 190 valence electrons. The number of hydrogen-bond donors (Lipinski definition) is 0. The highest BCUT2D eigenvalue weighted by atomic mass is 79.9. The average Bonchev–Trinajstić information content (AvgIpc) is 3.33. The number of anilines is 1. The lowest BCUT2D eigenvalue weighted by molar-refractivity contribution is 0.0729. The maximum atomic E-state index is 13.8. The van der Waals surface area contributed by atoms with Crippen molar-refractivity contribution in [1.29, 1.82) is 0 Å². The first-order valence-electron chi connectivity index (χ1n) is 12.2. The zero-order valence-corrected chi connectivity index (χ0v) is 22.1. The van der Waals surface area contributed by atoms with Gasteiger partial charge in [-0.05, 0) is 48.9 Å². The van der Waals surface area contributed by atoms with E-state index in [1.54, 1.807) is 29.2 Å². The minimum Gasteiger partial charge on any atom is -0.378 e. The third-order valence-electron chi connectivity index (χ3n) is 6.35. The summed E-state index contributed by atoms with van der Waals surface area (Å²) in [6.45, 7) is 5.13. The fourth-order valence-electron chi connectivity index (χ4n) is 4.48. The molecule has 1 aliphatic heterocycles. The third-order valence-corrected chi connectivity index (χ3v) is 6.84. The van der Waals surface area contributed by atoms with Crippen LogP contribution in [-0.4, -0.2) is 42.3 Å². The second-order valence-corrected chi connectivity index (χ2v) is 10.00. The lowest BCUT2D eigenvalue weighted by atomic mass is 10.0. The van der Waals surface area contributed by atoms with E-state index in [4.69, 9.17) is 9.26 Å². The summed E-state index contributed by atoms with van der Waals surface area (Å²) in [7, 11) is 0. The molecule has 4 aromatic rings. The van der Waals surface area contributed by atoms with Crippen molar-refractivity contribution in [3.8, 4) is 11.3 Å². The number of carbonyl (C=O) groups excluding carboxylic acids is 1. The van der Waals surface area contributed by atoms with Crippen molar-refractivity contribution in [2.45, 2.75) is 20.0 Å². The molecule has 37 heavy (non-hydrogen) atoms. The van der Waals surface area contributed by atoms with Crippen molar-refractivity contribution in [3.05, 3.63) is 105 Å². The van der Waals surface area contributed by atoms with Crippen LogP contribution < -0.4 is 4.90 Å². The highest BCUT2D eigenvalue weighted by Gasteiger charge is 2.28. The minimum absolute atomic E-state index is 0.144. The molecule has 1 saturated heterocycles. The van der Waals surface area contributed by atoms with E-state index in [0.717, 1.165) is 26.7 Å². The van der Waals surface area contributed by atoms with E-state index in [2.05, 4.69) is 32.1 Å².